The lowest BCUT2D eigenvalue weighted by Gasteiger charge is -2.32. The summed E-state index contributed by atoms with van der Waals surface area (Å²) < 4.78 is 0. The number of aromatic nitrogens is 1. The first-order valence-corrected chi connectivity index (χ1v) is 6.44. The highest BCUT2D eigenvalue weighted by molar-refractivity contribution is 5.62. The average molecular weight is 265 g/mol. The fourth-order valence-electron chi connectivity index (χ4n) is 2.11. The van der Waals surface area contributed by atoms with Crippen molar-refractivity contribution in [2.45, 2.75) is 6.92 Å². The second-order valence-electron chi connectivity index (χ2n) is 4.62. The number of rotatable bonds is 4. The maximum Gasteiger partial charge on any atom is 0.311 e. The van der Waals surface area contributed by atoms with Crippen LogP contribution in [0.5, 0.6) is 0 Å². The summed E-state index contributed by atoms with van der Waals surface area (Å²) in [6, 6.07) is 3.18. The summed E-state index contributed by atoms with van der Waals surface area (Å²) >= 11 is 0. The van der Waals surface area contributed by atoms with E-state index in [0.29, 0.717) is 11.6 Å². The summed E-state index contributed by atoms with van der Waals surface area (Å²) in [7, 11) is 2.05. The van der Waals surface area contributed by atoms with E-state index in [0.717, 1.165) is 32.7 Å². The second kappa shape index (κ2) is 5.83. The Kier molecular flexibility index (Phi) is 4.16. The standard InChI is InChI=1S/C12H19N5O2/c1-3-13-11-5-4-10(17(18)19)12(14-11)16-8-6-15(2)7-9-16/h4-5H,3,6-9H2,1-2H3,(H,13,14). The highest BCUT2D eigenvalue weighted by Gasteiger charge is 2.24. The van der Waals surface area contributed by atoms with Crippen LogP contribution >= 0.6 is 0 Å². The smallest absolute Gasteiger partial charge is 0.311 e. The zero-order chi connectivity index (χ0) is 13.8. The van der Waals surface area contributed by atoms with Gasteiger partial charge in [-0.3, -0.25) is 10.1 Å². The summed E-state index contributed by atoms with van der Waals surface area (Å²) in [5, 5.41) is 14.2. The number of likely N-dealkylation sites (N-methyl/N-ethyl adjacent to an activating group) is 1. The Morgan fingerprint density at radius 1 is 1.37 bits per heavy atom. The average Bonchev–Trinajstić information content (AvgIpc) is 2.39. The van der Waals surface area contributed by atoms with E-state index >= 15 is 0 Å². The minimum Gasteiger partial charge on any atom is -0.370 e. The van der Waals surface area contributed by atoms with Gasteiger partial charge in [-0.2, -0.15) is 0 Å². The SMILES string of the molecule is CCNc1ccc([N+](=O)[O-])c(N2CCN(C)CC2)n1. The summed E-state index contributed by atoms with van der Waals surface area (Å²) in [6.45, 7) is 6.03. The van der Waals surface area contributed by atoms with Gasteiger partial charge < -0.3 is 15.1 Å². The molecule has 7 heteroatoms. The molecule has 0 saturated carbocycles. The van der Waals surface area contributed by atoms with Gasteiger partial charge in [-0.25, -0.2) is 4.98 Å². The molecule has 7 nitrogen and oxygen atoms in total. The quantitative estimate of drug-likeness (QED) is 0.650. The molecule has 1 aromatic heterocycles. The van der Waals surface area contributed by atoms with Crippen LogP contribution in [0, 0.1) is 10.1 Å². The van der Waals surface area contributed by atoms with Gasteiger partial charge in [-0.1, -0.05) is 0 Å². The van der Waals surface area contributed by atoms with Gasteiger partial charge in [-0.05, 0) is 20.0 Å². The molecule has 1 aromatic rings. The molecule has 0 amide bonds. The van der Waals surface area contributed by atoms with E-state index in [-0.39, 0.29) is 10.6 Å². The summed E-state index contributed by atoms with van der Waals surface area (Å²) in [5.74, 6) is 1.15. The Morgan fingerprint density at radius 2 is 2.05 bits per heavy atom. The van der Waals surface area contributed by atoms with E-state index in [4.69, 9.17) is 0 Å². The third kappa shape index (κ3) is 3.11. The molecule has 0 unspecified atom stereocenters. The number of anilines is 2. The molecular weight excluding hydrogens is 246 g/mol. The van der Waals surface area contributed by atoms with E-state index in [1.807, 2.05) is 18.9 Å². The van der Waals surface area contributed by atoms with Crippen LogP contribution in [0.2, 0.25) is 0 Å². The summed E-state index contributed by atoms with van der Waals surface area (Å²) in [4.78, 5) is 19.3. The van der Waals surface area contributed by atoms with Crippen LogP contribution < -0.4 is 10.2 Å². The molecule has 2 heterocycles. The molecule has 0 aliphatic carbocycles. The van der Waals surface area contributed by atoms with E-state index in [1.165, 1.54) is 6.07 Å². The normalized spacial score (nSPS) is 16.4. The molecule has 0 aromatic carbocycles. The molecule has 2 rings (SSSR count). The van der Waals surface area contributed by atoms with Gasteiger partial charge in [0.15, 0.2) is 0 Å². The Labute approximate surface area is 112 Å². The van der Waals surface area contributed by atoms with E-state index < -0.39 is 0 Å². The van der Waals surface area contributed by atoms with E-state index in [9.17, 15) is 10.1 Å². The summed E-state index contributed by atoms with van der Waals surface area (Å²) in [5.41, 5.74) is 0.0752. The number of piperazine rings is 1. The fourth-order valence-corrected chi connectivity index (χ4v) is 2.11. The Hall–Kier alpha value is -1.89. The van der Waals surface area contributed by atoms with Gasteiger partial charge in [0.1, 0.15) is 5.82 Å². The lowest BCUT2D eigenvalue weighted by Crippen LogP contribution is -2.45. The predicted octanol–water partition coefficient (Wildman–Crippen LogP) is 1.17. The van der Waals surface area contributed by atoms with Crippen molar-refractivity contribution in [2.75, 3.05) is 50.0 Å². The Morgan fingerprint density at radius 3 is 2.63 bits per heavy atom. The molecule has 0 radical (unpaired) electrons. The van der Waals surface area contributed by atoms with Crippen LogP contribution in [0.1, 0.15) is 6.92 Å². The van der Waals surface area contributed by atoms with Crippen LogP contribution in [-0.4, -0.2) is 54.6 Å². The van der Waals surface area contributed by atoms with Crippen LogP contribution in [0.3, 0.4) is 0 Å². The zero-order valence-electron chi connectivity index (χ0n) is 11.3. The highest BCUT2D eigenvalue weighted by Crippen LogP contribution is 2.28. The van der Waals surface area contributed by atoms with Crippen molar-refractivity contribution in [3.63, 3.8) is 0 Å². The van der Waals surface area contributed by atoms with Crippen molar-refractivity contribution < 1.29 is 4.92 Å². The predicted molar refractivity (Wildman–Crippen MR) is 74.8 cm³/mol. The number of nitrogens with one attached hydrogen (secondary N) is 1. The molecule has 1 N–H and O–H groups in total. The molecule has 0 spiro atoms. The van der Waals surface area contributed by atoms with Gasteiger partial charge in [0, 0.05) is 38.8 Å². The van der Waals surface area contributed by atoms with Crippen molar-refractivity contribution in [3.8, 4) is 0 Å². The van der Waals surface area contributed by atoms with Gasteiger partial charge in [0.2, 0.25) is 5.82 Å². The molecule has 1 aliphatic rings. The van der Waals surface area contributed by atoms with Crippen LogP contribution in [0.15, 0.2) is 12.1 Å². The Balaban J connectivity index is 2.29. The van der Waals surface area contributed by atoms with E-state index in [2.05, 4.69) is 15.2 Å². The van der Waals surface area contributed by atoms with Crippen molar-refractivity contribution in [1.82, 2.24) is 9.88 Å². The first-order chi connectivity index (χ1) is 9.11. The van der Waals surface area contributed by atoms with Gasteiger partial charge in [0.25, 0.3) is 0 Å². The second-order valence-corrected chi connectivity index (χ2v) is 4.62. The zero-order valence-corrected chi connectivity index (χ0v) is 11.3. The number of hydrogen-bond donors (Lipinski definition) is 1. The topological polar surface area (TPSA) is 74.5 Å². The van der Waals surface area contributed by atoms with E-state index in [1.54, 1.807) is 6.07 Å². The third-order valence-electron chi connectivity index (χ3n) is 3.21. The minimum absolute atomic E-state index is 0.0752. The monoisotopic (exact) mass is 265 g/mol. The van der Waals surface area contributed by atoms with Crippen molar-refractivity contribution >= 4 is 17.3 Å². The van der Waals surface area contributed by atoms with Gasteiger partial charge in [-0.15, -0.1) is 0 Å². The first-order valence-electron chi connectivity index (χ1n) is 6.44. The van der Waals surface area contributed by atoms with Crippen molar-refractivity contribution in [1.29, 1.82) is 0 Å². The molecular formula is C12H19N5O2. The maximum atomic E-state index is 11.1. The first kappa shape index (κ1) is 13.5. The van der Waals surface area contributed by atoms with Crippen molar-refractivity contribution in [3.05, 3.63) is 22.2 Å². The molecule has 19 heavy (non-hydrogen) atoms. The molecule has 1 saturated heterocycles. The molecule has 1 fully saturated rings. The largest absolute Gasteiger partial charge is 0.370 e. The minimum atomic E-state index is -0.365. The molecule has 1 aliphatic heterocycles. The number of pyridine rings is 1. The molecule has 104 valence electrons. The van der Waals surface area contributed by atoms with Gasteiger partial charge >= 0.3 is 5.69 Å². The lowest BCUT2D eigenvalue weighted by molar-refractivity contribution is -0.384. The maximum absolute atomic E-state index is 11.1. The number of hydrogen-bond acceptors (Lipinski definition) is 6. The summed E-state index contributed by atoms with van der Waals surface area (Å²) in [6.07, 6.45) is 0. The number of nitrogens with zero attached hydrogens (tertiary/aromatic N) is 4. The van der Waals surface area contributed by atoms with Crippen molar-refractivity contribution in [2.24, 2.45) is 0 Å². The fraction of sp³-hybridized carbons (Fsp3) is 0.583. The number of nitro groups is 1. The highest BCUT2D eigenvalue weighted by atomic mass is 16.6. The lowest BCUT2D eigenvalue weighted by atomic mass is 10.3. The van der Waals surface area contributed by atoms with Crippen LogP contribution in [0.25, 0.3) is 0 Å². The van der Waals surface area contributed by atoms with Crippen LogP contribution in [-0.2, 0) is 0 Å². The van der Waals surface area contributed by atoms with Crippen LogP contribution in [0.4, 0.5) is 17.3 Å². The molecule has 0 bridgehead atoms. The van der Waals surface area contributed by atoms with Gasteiger partial charge in [0.05, 0.1) is 4.92 Å². The third-order valence-corrected chi connectivity index (χ3v) is 3.21. The Bertz CT molecular complexity index is 457. The molecule has 0 atom stereocenters.